The van der Waals surface area contributed by atoms with Crippen LogP contribution in [0.2, 0.25) is 0 Å². The molecule has 8 nitrogen and oxygen atoms in total. The van der Waals surface area contributed by atoms with Gasteiger partial charge in [0, 0.05) is 38.8 Å². The fourth-order valence-electron chi connectivity index (χ4n) is 2.57. The van der Waals surface area contributed by atoms with Crippen molar-refractivity contribution in [3.05, 3.63) is 27.4 Å². The molecular weight excluding hydrogens is 320 g/mol. The molecule has 2 heterocycles. The van der Waals surface area contributed by atoms with Gasteiger partial charge in [0.2, 0.25) is 15.9 Å². The first-order valence-electron chi connectivity index (χ1n) is 7.37. The van der Waals surface area contributed by atoms with Crippen molar-refractivity contribution >= 4 is 15.9 Å². The zero-order chi connectivity index (χ0) is 17.4. The highest BCUT2D eigenvalue weighted by Crippen LogP contribution is 2.09. The second-order valence-electron chi connectivity index (χ2n) is 5.81. The average Bonchev–Trinajstić information content (AvgIpc) is 2.49. The van der Waals surface area contributed by atoms with E-state index in [9.17, 15) is 18.0 Å². The third kappa shape index (κ3) is 3.78. The summed E-state index contributed by atoms with van der Waals surface area (Å²) in [6, 6.07) is 0. The van der Waals surface area contributed by atoms with Gasteiger partial charge in [-0.15, -0.1) is 0 Å². The summed E-state index contributed by atoms with van der Waals surface area (Å²) in [5.41, 5.74) is 0.810. The highest BCUT2D eigenvalue weighted by atomic mass is 32.2. The molecule has 1 amide bonds. The summed E-state index contributed by atoms with van der Waals surface area (Å²) in [4.78, 5) is 30.4. The zero-order valence-corrected chi connectivity index (χ0v) is 14.7. The van der Waals surface area contributed by atoms with E-state index in [0.29, 0.717) is 43.3 Å². The van der Waals surface area contributed by atoms with Crippen LogP contribution in [-0.2, 0) is 28.3 Å². The number of sulfonamides is 1. The highest BCUT2D eigenvalue weighted by Gasteiger charge is 2.26. The lowest BCUT2D eigenvalue weighted by Crippen LogP contribution is -2.50. The molecule has 2 rings (SSSR count). The Morgan fingerprint density at radius 2 is 1.74 bits per heavy atom. The fraction of sp³-hybridized carbons (Fsp3) is 0.643. The molecule has 0 bridgehead atoms. The molecule has 0 aliphatic carbocycles. The topological polar surface area (TPSA) is 92.6 Å². The normalized spacial score (nSPS) is 16.6. The molecule has 23 heavy (non-hydrogen) atoms. The molecule has 0 unspecified atom stereocenters. The van der Waals surface area contributed by atoms with Gasteiger partial charge in [0.05, 0.1) is 18.4 Å². The molecule has 0 aromatic carbocycles. The number of carbonyl (C=O) groups excluding carboxylic acids is 1. The van der Waals surface area contributed by atoms with Crippen LogP contribution in [0.1, 0.15) is 17.1 Å². The molecule has 1 aromatic rings. The van der Waals surface area contributed by atoms with E-state index in [-0.39, 0.29) is 17.9 Å². The number of nitrogens with zero attached hydrogens (tertiary/aromatic N) is 4. The smallest absolute Gasteiger partial charge is 0.256 e. The molecule has 0 atom stereocenters. The molecule has 0 radical (unpaired) electrons. The number of hydrogen-bond donors (Lipinski definition) is 0. The number of piperazine rings is 1. The first-order chi connectivity index (χ1) is 10.6. The Balaban J connectivity index is 2.08. The first kappa shape index (κ1) is 17.6. The predicted octanol–water partition coefficient (Wildman–Crippen LogP) is -0.957. The van der Waals surface area contributed by atoms with Crippen molar-refractivity contribution < 1.29 is 13.2 Å². The Kier molecular flexibility index (Phi) is 4.90. The largest absolute Gasteiger partial charge is 0.340 e. The number of amides is 1. The van der Waals surface area contributed by atoms with E-state index < -0.39 is 10.0 Å². The summed E-state index contributed by atoms with van der Waals surface area (Å²) in [6.45, 7) is 4.70. The third-order valence-corrected chi connectivity index (χ3v) is 5.52. The third-order valence-electron chi connectivity index (χ3n) is 4.22. The molecule has 0 saturated carbocycles. The van der Waals surface area contributed by atoms with E-state index in [1.54, 1.807) is 25.8 Å². The van der Waals surface area contributed by atoms with Crippen LogP contribution in [0.3, 0.4) is 0 Å². The van der Waals surface area contributed by atoms with Gasteiger partial charge in [-0.25, -0.2) is 13.4 Å². The van der Waals surface area contributed by atoms with Gasteiger partial charge in [0.25, 0.3) is 5.56 Å². The Hall–Kier alpha value is -1.74. The Morgan fingerprint density at radius 1 is 1.17 bits per heavy atom. The van der Waals surface area contributed by atoms with Crippen LogP contribution in [0.15, 0.2) is 4.79 Å². The van der Waals surface area contributed by atoms with Crippen LogP contribution in [0.5, 0.6) is 0 Å². The van der Waals surface area contributed by atoms with E-state index >= 15 is 0 Å². The van der Waals surface area contributed by atoms with Crippen molar-refractivity contribution in [1.82, 2.24) is 18.8 Å². The van der Waals surface area contributed by atoms with Crippen molar-refractivity contribution in [3.8, 4) is 0 Å². The van der Waals surface area contributed by atoms with Gasteiger partial charge in [-0.05, 0) is 13.8 Å². The van der Waals surface area contributed by atoms with Gasteiger partial charge in [-0.1, -0.05) is 0 Å². The van der Waals surface area contributed by atoms with Crippen molar-refractivity contribution in [3.63, 3.8) is 0 Å². The second kappa shape index (κ2) is 6.40. The maximum atomic E-state index is 12.4. The first-order valence-corrected chi connectivity index (χ1v) is 9.22. The van der Waals surface area contributed by atoms with E-state index in [4.69, 9.17) is 0 Å². The van der Waals surface area contributed by atoms with Crippen LogP contribution in [-0.4, -0.2) is 65.5 Å². The van der Waals surface area contributed by atoms with Gasteiger partial charge in [0.1, 0.15) is 5.82 Å². The van der Waals surface area contributed by atoms with Crippen LogP contribution in [0, 0.1) is 13.8 Å². The molecule has 1 saturated heterocycles. The van der Waals surface area contributed by atoms with Crippen molar-refractivity contribution in [2.24, 2.45) is 7.05 Å². The highest BCUT2D eigenvalue weighted by molar-refractivity contribution is 7.88. The van der Waals surface area contributed by atoms with Crippen LogP contribution in [0.25, 0.3) is 0 Å². The van der Waals surface area contributed by atoms with Crippen molar-refractivity contribution in [2.75, 3.05) is 32.4 Å². The van der Waals surface area contributed by atoms with E-state index in [1.807, 2.05) is 0 Å². The Morgan fingerprint density at radius 3 is 2.26 bits per heavy atom. The summed E-state index contributed by atoms with van der Waals surface area (Å²) in [6.07, 6.45) is 1.22. The standard InChI is InChI=1S/C14H22N4O4S/c1-10-12(15-11(2)16(3)14(10)20)9-13(19)17-5-7-18(8-6-17)23(4,21)22/h5-9H2,1-4H3. The van der Waals surface area contributed by atoms with E-state index in [2.05, 4.69) is 4.98 Å². The number of hydrogen-bond acceptors (Lipinski definition) is 5. The quantitative estimate of drug-likeness (QED) is 0.706. The van der Waals surface area contributed by atoms with Gasteiger partial charge < -0.3 is 4.90 Å². The number of aromatic nitrogens is 2. The Labute approximate surface area is 135 Å². The molecule has 0 N–H and O–H groups in total. The summed E-state index contributed by atoms with van der Waals surface area (Å²) >= 11 is 0. The van der Waals surface area contributed by atoms with Crippen LogP contribution < -0.4 is 5.56 Å². The van der Waals surface area contributed by atoms with Gasteiger partial charge in [-0.3, -0.25) is 14.2 Å². The van der Waals surface area contributed by atoms with Crippen molar-refractivity contribution in [2.45, 2.75) is 20.3 Å². The van der Waals surface area contributed by atoms with Crippen molar-refractivity contribution in [1.29, 1.82) is 0 Å². The van der Waals surface area contributed by atoms with E-state index in [1.165, 1.54) is 15.1 Å². The summed E-state index contributed by atoms with van der Waals surface area (Å²) in [7, 11) is -1.57. The molecule has 1 aliphatic heterocycles. The average molecular weight is 342 g/mol. The minimum absolute atomic E-state index is 0.0572. The molecule has 0 spiro atoms. The molecule has 128 valence electrons. The summed E-state index contributed by atoms with van der Waals surface area (Å²) in [5, 5.41) is 0. The molecular formula is C14H22N4O4S. The molecule has 1 aromatic heterocycles. The minimum atomic E-state index is -3.22. The number of aryl methyl sites for hydroxylation is 1. The molecule has 1 aliphatic rings. The number of carbonyl (C=O) groups is 1. The Bertz CT molecular complexity index is 777. The molecule has 9 heteroatoms. The second-order valence-corrected chi connectivity index (χ2v) is 7.80. The van der Waals surface area contributed by atoms with Gasteiger partial charge >= 0.3 is 0 Å². The van der Waals surface area contributed by atoms with Crippen LogP contribution in [0.4, 0.5) is 0 Å². The lowest BCUT2D eigenvalue weighted by molar-refractivity contribution is -0.131. The maximum Gasteiger partial charge on any atom is 0.256 e. The zero-order valence-electron chi connectivity index (χ0n) is 13.9. The SMILES string of the molecule is Cc1c(CC(=O)N2CCN(S(C)(=O)=O)CC2)nc(C)n(C)c1=O. The lowest BCUT2D eigenvalue weighted by Gasteiger charge is -2.33. The predicted molar refractivity (Wildman–Crippen MR) is 85.7 cm³/mol. The van der Waals surface area contributed by atoms with Gasteiger partial charge in [0.15, 0.2) is 0 Å². The maximum absolute atomic E-state index is 12.4. The minimum Gasteiger partial charge on any atom is -0.340 e. The fourth-order valence-corrected chi connectivity index (χ4v) is 3.40. The monoisotopic (exact) mass is 342 g/mol. The lowest BCUT2D eigenvalue weighted by atomic mass is 10.1. The van der Waals surface area contributed by atoms with Gasteiger partial charge in [-0.2, -0.15) is 4.31 Å². The summed E-state index contributed by atoms with van der Waals surface area (Å²) in [5.74, 6) is 0.423. The summed E-state index contributed by atoms with van der Waals surface area (Å²) < 4.78 is 25.8. The number of rotatable bonds is 3. The molecule has 1 fully saturated rings. The van der Waals surface area contributed by atoms with E-state index in [0.717, 1.165) is 0 Å². The van der Waals surface area contributed by atoms with Crippen LogP contribution >= 0.6 is 0 Å².